The van der Waals surface area contributed by atoms with E-state index in [0.717, 1.165) is 62.2 Å². The van der Waals surface area contributed by atoms with E-state index in [1.807, 2.05) is 57.2 Å². The van der Waals surface area contributed by atoms with E-state index >= 15 is 9.18 Å². The number of aromatic nitrogens is 6. The van der Waals surface area contributed by atoms with Crippen molar-refractivity contribution in [2.75, 3.05) is 31.6 Å². The van der Waals surface area contributed by atoms with Crippen LogP contribution in [-0.4, -0.2) is 90.1 Å². The Morgan fingerprint density at radius 2 is 1.88 bits per heavy atom. The zero-order chi connectivity index (χ0) is 44.8. The monoisotopic (exact) mass is 864 g/mol. The Hall–Kier alpha value is -6.94. The van der Waals surface area contributed by atoms with Gasteiger partial charge in [-0.3, -0.25) is 24.2 Å². The highest BCUT2D eigenvalue weighted by atomic mass is 19.1. The Morgan fingerprint density at radius 3 is 2.56 bits per heavy atom. The van der Waals surface area contributed by atoms with Gasteiger partial charge in [0.25, 0.3) is 5.91 Å². The van der Waals surface area contributed by atoms with Crippen LogP contribution in [0.25, 0.3) is 27.7 Å². The number of halogens is 1. The quantitative estimate of drug-likeness (QED) is 0.145. The van der Waals surface area contributed by atoms with Gasteiger partial charge < -0.3 is 25.1 Å². The number of amides is 3. The Kier molecular flexibility index (Phi) is 9.89. The molecule has 10 rings (SSSR count). The van der Waals surface area contributed by atoms with Crippen molar-refractivity contribution < 1.29 is 23.8 Å². The van der Waals surface area contributed by atoms with E-state index in [2.05, 4.69) is 54.1 Å². The van der Waals surface area contributed by atoms with Crippen LogP contribution in [0.5, 0.6) is 0 Å². The Labute approximate surface area is 368 Å². The molecule has 1 saturated carbocycles. The highest BCUT2D eigenvalue weighted by Crippen LogP contribution is 2.56. The number of nitrogens with two attached hydrogens (primary N) is 1. The van der Waals surface area contributed by atoms with E-state index in [1.165, 1.54) is 6.21 Å². The summed E-state index contributed by atoms with van der Waals surface area (Å²) in [6, 6.07) is 13.2. The van der Waals surface area contributed by atoms with Gasteiger partial charge in [0.1, 0.15) is 28.6 Å². The summed E-state index contributed by atoms with van der Waals surface area (Å²) in [5.74, 6) is -0.246. The molecular formula is C48H51FN11O4+. The lowest BCUT2D eigenvalue weighted by molar-refractivity contribution is -0.572. The smallest absolute Gasteiger partial charge is 0.332 e. The number of likely N-dealkylation sites (N-methyl/N-ethyl adjacent to an activating group) is 1. The van der Waals surface area contributed by atoms with Gasteiger partial charge in [-0.2, -0.15) is 5.10 Å². The average molecular weight is 865 g/mol. The Bertz CT molecular complexity index is 3040. The van der Waals surface area contributed by atoms with Crippen LogP contribution in [-0.2, 0) is 24.9 Å². The number of carbonyl (C=O) groups excluding carboxylic acids is 2. The van der Waals surface area contributed by atoms with Crippen molar-refractivity contribution in [2.24, 2.45) is 5.92 Å². The molecule has 0 radical (unpaired) electrons. The van der Waals surface area contributed by atoms with Gasteiger partial charge in [0.15, 0.2) is 5.82 Å². The number of rotatable bonds is 10. The molecular weight excluding hydrogens is 814 g/mol. The van der Waals surface area contributed by atoms with Gasteiger partial charge in [0.2, 0.25) is 0 Å². The van der Waals surface area contributed by atoms with Crippen LogP contribution >= 0.6 is 0 Å². The SMILES string of the molecule is CCc1nccc(-c2ccc3c(c2)cc(C(=O)N2CCc4nn(-c5cc(C)c(F)c(C)c5)c(N5CCN(C6C=C(C=N)C([NH2+]C)=CC6)C5=O)c4C2)n3[C@@]2(c3noc(=O)[nH]3)C[C@@H]2C)c1C. The standard InChI is InChI=1S/C48H50FN11O4/c1-7-37-29(5)35(12-14-52-37)30-8-11-40-31(20-30)22-41(59(40)48(23-28(48)4)45-53-46(62)64-55-45)44(61)56-15-13-39-36(25-56)43(60(54-39)34-18-26(2)42(49)27(3)19-34)58-17-16-57(47(58)63)33-9-10-38(51-6)32(21-33)24-50/h8,10-12,14,18-22,24,28,33,50-51H,7,9,13,15-17,23,25H2,1-6H3,(H,53,55,62)/p+1/t28-,33?,48-/m0/s1. The molecule has 64 heavy (non-hydrogen) atoms. The first-order chi connectivity index (χ1) is 30.9. The number of aromatic amines is 1. The average Bonchev–Trinajstić information content (AvgIpc) is 3.78. The first-order valence-corrected chi connectivity index (χ1v) is 22.0. The maximum absolute atomic E-state index is 15.4. The Balaban J connectivity index is 1.07. The van der Waals surface area contributed by atoms with Crippen molar-refractivity contribution in [3.63, 3.8) is 0 Å². The van der Waals surface area contributed by atoms with Gasteiger partial charge in [0, 0.05) is 60.6 Å². The van der Waals surface area contributed by atoms with Crippen LogP contribution in [0.1, 0.15) is 76.6 Å². The van der Waals surface area contributed by atoms with Gasteiger partial charge in [-0.15, -0.1) is 0 Å². The summed E-state index contributed by atoms with van der Waals surface area (Å²) in [7, 11) is 1.94. The molecule has 1 unspecified atom stereocenters. The number of pyridine rings is 1. The number of aryl methyl sites for hydroxylation is 3. The number of allylic oxidation sites excluding steroid dienone is 1. The van der Waals surface area contributed by atoms with E-state index in [1.54, 1.807) is 35.6 Å². The number of hydrogen-bond acceptors (Lipinski definition) is 8. The van der Waals surface area contributed by atoms with Crippen molar-refractivity contribution in [3.8, 4) is 16.8 Å². The molecule has 2 aliphatic carbocycles. The van der Waals surface area contributed by atoms with Gasteiger partial charge in [0.05, 0.1) is 36.6 Å². The highest BCUT2D eigenvalue weighted by Gasteiger charge is 2.59. The molecule has 2 aromatic carbocycles. The molecule has 3 atom stereocenters. The van der Waals surface area contributed by atoms with Crippen LogP contribution in [0.3, 0.4) is 0 Å². The number of anilines is 1. The largest absolute Gasteiger partial charge is 0.438 e. The van der Waals surface area contributed by atoms with Crippen molar-refractivity contribution in [2.45, 2.75) is 78.4 Å². The van der Waals surface area contributed by atoms with E-state index < -0.39 is 11.3 Å². The molecule has 328 valence electrons. The molecule has 15 nitrogen and oxygen atoms in total. The van der Waals surface area contributed by atoms with E-state index in [4.69, 9.17) is 15.0 Å². The van der Waals surface area contributed by atoms with Crippen molar-refractivity contribution >= 4 is 34.9 Å². The minimum Gasteiger partial charge on any atom is -0.332 e. The van der Waals surface area contributed by atoms with Gasteiger partial charge >= 0.3 is 11.8 Å². The summed E-state index contributed by atoms with van der Waals surface area (Å²) in [6.45, 7) is 11.0. The number of H-pyrrole nitrogens is 1. The number of quaternary nitrogens is 1. The molecule has 1 saturated heterocycles. The molecule has 2 aliphatic heterocycles. The van der Waals surface area contributed by atoms with Crippen LogP contribution in [0.4, 0.5) is 15.0 Å². The molecule has 4 aliphatic rings. The van der Waals surface area contributed by atoms with Crippen LogP contribution in [0.2, 0.25) is 0 Å². The maximum atomic E-state index is 15.4. The van der Waals surface area contributed by atoms with Crippen molar-refractivity contribution in [1.82, 2.24) is 39.3 Å². The lowest BCUT2D eigenvalue weighted by Gasteiger charge is -2.30. The second-order valence-corrected chi connectivity index (χ2v) is 17.6. The minimum atomic E-state index is -0.834. The molecule has 16 heteroatoms. The van der Waals surface area contributed by atoms with Crippen molar-refractivity contribution in [1.29, 1.82) is 5.41 Å². The second kappa shape index (κ2) is 15.4. The normalized spacial score (nSPS) is 20.8. The number of nitrogens with one attached hydrogen (secondary N) is 2. The lowest BCUT2D eigenvalue weighted by atomic mass is 9.98. The van der Waals surface area contributed by atoms with Gasteiger partial charge in [-0.05, 0) is 122 Å². The molecule has 4 aromatic heterocycles. The van der Waals surface area contributed by atoms with Gasteiger partial charge in [-0.1, -0.05) is 25.1 Å². The van der Waals surface area contributed by atoms with Crippen LogP contribution in [0.15, 0.2) is 81.4 Å². The number of benzene rings is 2. The molecule has 4 N–H and O–H groups in total. The predicted molar refractivity (Wildman–Crippen MR) is 239 cm³/mol. The van der Waals surface area contributed by atoms with Crippen LogP contribution < -0.4 is 16.0 Å². The zero-order valence-electron chi connectivity index (χ0n) is 36.8. The fourth-order valence-electron chi connectivity index (χ4n) is 10.4. The van der Waals surface area contributed by atoms with Crippen molar-refractivity contribution in [3.05, 3.63) is 134 Å². The summed E-state index contributed by atoms with van der Waals surface area (Å²) in [5.41, 5.74) is 9.40. The third-order valence-corrected chi connectivity index (χ3v) is 13.9. The topological polar surface area (TPSA) is 179 Å². The van der Waals surface area contributed by atoms with Crippen LogP contribution in [0, 0.1) is 37.9 Å². The molecule has 2 fully saturated rings. The zero-order valence-corrected chi connectivity index (χ0v) is 36.8. The molecule has 6 aromatic rings. The fraction of sp³-hybridized carbons (Fsp3) is 0.354. The summed E-state index contributed by atoms with van der Waals surface area (Å²) in [5, 5.41) is 20.1. The predicted octanol–water partition coefficient (Wildman–Crippen LogP) is 5.84. The summed E-state index contributed by atoms with van der Waals surface area (Å²) in [6.07, 6.45) is 9.67. The highest BCUT2D eigenvalue weighted by molar-refractivity contribution is 6.01. The maximum Gasteiger partial charge on any atom is 0.438 e. The van der Waals surface area contributed by atoms with E-state index in [-0.39, 0.29) is 36.3 Å². The number of nitrogens with zero attached hydrogens (tertiary/aromatic N) is 8. The third kappa shape index (κ3) is 6.36. The number of hydrogen-bond donors (Lipinski definition) is 3. The first kappa shape index (κ1) is 41.1. The summed E-state index contributed by atoms with van der Waals surface area (Å²) < 4.78 is 23.9. The summed E-state index contributed by atoms with van der Waals surface area (Å²) in [4.78, 5) is 55.2. The fourth-order valence-corrected chi connectivity index (χ4v) is 10.4. The van der Waals surface area contributed by atoms with Gasteiger partial charge in [-0.25, -0.2) is 18.7 Å². The Morgan fingerprint density at radius 1 is 1.09 bits per heavy atom. The lowest BCUT2D eigenvalue weighted by Crippen LogP contribution is -2.78. The second-order valence-electron chi connectivity index (χ2n) is 17.6. The number of urea groups is 1. The third-order valence-electron chi connectivity index (χ3n) is 13.9. The number of fused-ring (bicyclic) bond motifs is 2. The molecule has 0 spiro atoms. The minimum absolute atomic E-state index is 0.0189. The molecule has 6 heterocycles. The van der Waals surface area contributed by atoms with E-state index in [9.17, 15) is 9.59 Å². The first-order valence-electron chi connectivity index (χ1n) is 22.0. The summed E-state index contributed by atoms with van der Waals surface area (Å²) >= 11 is 0. The molecule has 0 bridgehead atoms. The molecule has 3 amide bonds. The van der Waals surface area contributed by atoms with E-state index in [0.29, 0.717) is 73.0 Å². The number of carbonyl (C=O) groups is 2.